The molecule has 0 spiro atoms. The van der Waals surface area contributed by atoms with Gasteiger partial charge in [0.15, 0.2) is 12.0 Å². The van der Waals surface area contributed by atoms with Crippen LogP contribution in [0.15, 0.2) is 34.7 Å². The van der Waals surface area contributed by atoms with Crippen molar-refractivity contribution in [2.24, 2.45) is 5.92 Å². The summed E-state index contributed by atoms with van der Waals surface area (Å²) in [5.74, 6) is 1.11. The Morgan fingerprint density at radius 2 is 2.19 bits per heavy atom. The van der Waals surface area contributed by atoms with Crippen LogP contribution in [0.3, 0.4) is 0 Å². The minimum absolute atomic E-state index is 0.257. The number of nitrogens with zero attached hydrogens (tertiary/aromatic N) is 1. The molecule has 0 radical (unpaired) electrons. The predicted molar refractivity (Wildman–Crippen MR) is 80.1 cm³/mol. The van der Waals surface area contributed by atoms with Gasteiger partial charge in [-0.15, -0.1) is 0 Å². The van der Waals surface area contributed by atoms with Crippen LogP contribution in [0.5, 0.6) is 0 Å². The molecule has 3 rings (SSSR count). The summed E-state index contributed by atoms with van der Waals surface area (Å²) in [5.41, 5.74) is 1.67. The first-order chi connectivity index (χ1) is 10.2. The average Bonchev–Trinajstić information content (AvgIpc) is 2.96. The summed E-state index contributed by atoms with van der Waals surface area (Å²) in [7, 11) is 0. The van der Waals surface area contributed by atoms with Crippen LogP contribution in [0.25, 0.3) is 11.3 Å². The molecule has 0 amide bonds. The van der Waals surface area contributed by atoms with Crippen molar-refractivity contribution in [1.29, 1.82) is 0 Å². The molecule has 21 heavy (non-hydrogen) atoms. The predicted octanol–water partition coefficient (Wildman–Crippen LogP) is 4.13. The van der Waals surface area contributed by atoms with Crippen molar-refractivity contribution in [3.05, 3.63) is 41.9 Å². The normalized spacial score (nSPS) is 18.8. The van der Waals surface area contributed by atoms with Crippen molar-refractivity contribution < 1.29 is 13.6 Å². The molecule has 0 N–H and O–H groups in total. The number of furan rings is 1. The van der Waals surface area contributed by atoms with Crippen LogP contribution in [-0.2, 0) is 0 Å². The first-order valence-corrected chi connectivity index (χ1v) is 7.27. The molecule has 1 aromatic carbocycles. The molecule has 1 aromatic heterocycles. The number of rotatable bonds is 3. The maximum Gasteiger partial charge on any atom is 0.185 e. The molecule has 4 heteroatoms. The molecule has 2 aromatic rings. The van der Waals surface area contributed by atoms with Crippen LogP contribution in [0.2, 0.25) is 0 Å². The third kappa shape index (κ3) is 2.84. The summed E-state index contributed by atoms with van der Waals surface area (Å²) in [6.07, 6.45) is 3.02. The van der Waals surface area contributed by atoms with Gasteiger partial charge in [-0.3, -0.25) is 4.79 Å². The number of carbonyl (C=O) groups excluding carboxylic acids is 1. The number of piperidine rings is 1. The van der Waals surface area contributed by atoms with Crippen LogP contribution in [0.4, 0.5) is 10.1 Å². The van der Waals surface area contributed by atoms with E-state index in [4.69, 9.17) is 4.42 Å². The maximum absolute atomic E-state index is 13.6. The standard InChI is InChI=1S/C17H18FNO2/c1-12-3-2-8-19(10-12)16-6-4-13(18)9-15(16)17-7-5-14(11-20)21-17/h4-7,9,11-12H,2-3,8,10H2,1H3. The van der Waals surface area contributed by atoms with Crippen molar-refractivity contribution in [3.63, 3.8) is 0 Å². The lowest BCUT2D eigenvalue weighted by Gasteiger charge is -2.33. The second kappa shape index (κ2) is 5.72. The number of benzene rings is 1. The molecule has 3 nitrogen and oxygen atoms in total. The molecular weight excluding hydrogens is 269 g/mol. The number of carbonyl (C=O) groups is 1. The van der Waals surface area contributed by atoms with Gasteiger partial charge in [-0.05, 0) is 49.1 Å². The second-order valence-corrected chi connectivity index (χ2v) is 5.67. The van der Waals surface area contributed by atoms with E-state index in [9.17, 15) is 9.18 Å². The van der Waals surface area contributed by atoms with Gasteiger partial charge < -0.3 is 9.32 Å². The Balaban J connectivity index is 2.02. The van der Waals surface area contributed by atoms with Crippen molar-refractivity contribution in [2.45, 2.75) is 19.8 Å². The Labute approximate surface area is 123 Å². The van der Waals surface area contributed by atoms with Gasteiger partial charge in [0, 0.05) is 24.3 Å². The average molecular weight is 287 g/mol. The fourth-order valence-electron chi connectivity index (χ4n) is 2.95. The van der Waals surface area contributed by atoms with E-state index in [0.717, 1.165) is 25.2 Å². The lowest BCUT2D eigenvalue weighted by atomic mass is 9.98. The van der Waals surface area contributed by atoms with Gasteiger partial charge in [-0.25, -0.2) is 4.39 Å². The highest BCUT2D eigenvalue weighted by Gasteiger charge is 2.21. The summed E-state index contributed by atoms with van der Waals surface area (Å²) >= 11 is 0. The summed E-state index contributed by atoms with van der Waals surface area (Å²) < 4.78 is 19.1. The highest BCUT2D eigenvalue weighted by Crippen LogP contribution is 2.34. The van der Waals surface area contributed by atoms with Crippen LogP contribution in [0, 0.1) is 11.7 Å². The van der Waals surface area contributed by atoms with E-state index < -0.39 is 0 Å². The van der Waals surface area contributed by atoms with Crippen molar-refractivity contribution in [1.82, 2.24) is 0 Å². The summed E-state index contributed by atoms with van der Waals surface area (Å²) in [6.45, 7) is 4.15. The van der Waals surface area contributed by atoms with Gasteiger partial charge in [0.1, 0.15) is 11.6 Å². The number of hydrogen-bond donors (Lipinski definition) is 0. The first-order valence-electron chi connectivity index (χ1n) is 7.27. The zero-order valence-electron chi connectivity index (χ0n) is 12.0. The SMILES string of the molecule is CC1CCCN(c2ccc(F)cc2-c2ccc(C=O)o2)C1. The van der Waals surface area contributed by atoms with Crippen LogP contribution in [0.1, 0.15) is 30.3 Å². The van der Waals surface area contributed by atoms with E-state index in [-0.39, 0.29) is 11.6 Å². The first kappa shape index (κ1) is 13.9. The molecular formula is C17H18FNO2. The molecule has 0 bridgehead atoms. The third-order valence-electron chi connectivity index (χ3n) is 3.96. The van der Waals surface area contributed by atoms with E-state index in [1.807, 2.05) is 0 Å². The Hall–Kier alpha value is -2.10. The zero-order chi connectivity index (χ0) is 14.8. The van der Waals surface area contributed by atoms with Crippen LogP contribution in [-0.4, -0.2) is 19.4 Å². The molecule has 1 aliphatic rings. The molecule has 0 saturated carbocycles. The minimum atomic E-state index is -0.303. The number of aldehydes is 1. The molecule has 1 unspecified atom stereocenters. The number of halogens is 1. The molecule has 2 heterocycles. The van der Waals surface area contributed by atoms with Crippen LogP contribution >= 0.6 is 0 Å². The quantitative estimate of drug-likeness (QED) is 0.796. The number of anilines is 1. The van der Waals surface area contributed by atoms with E-state index >= 15 is 0 Å². The summed E-state index contributed by atoms with van der Waals surface area (Å²) in [4.78, 5) is 13.0. The smallest absolute Gasteiger partial charge is 0.185 e. The van der Waals surface area contributed by atoms with Gasteiger partial charge in [-0.1, -0.05) is 6.92 Å². The topological polar surface area (TPSA) is 33.5 Å². The highest BCUT2D eigenvalue weighted by molar-refractivity contribution is 5.78. The highest BCUT2D eigenvalue weighted by atomic mass is 19.1. The molecule has 1 atom stereocenters. The van der Waals surface area contributed by atoms with E-state index in [1.165, 1.54) is 18.6 Å². The molecule has 1 saturated heterocycles. The number of hydrogen-bond acceptors (Lipinski definition) is 3. The van der Waals surface area contributed by atoms with E-state index in [0.29, 0.717) is 23.5 Å². The molecule has 1 aliphatic heterocycles. The lowest BCUT2D eigenvalue weighted by Crippen LogP contribution is -2.34. The van der Waals surface area contributed by atoms with Gasteiger partial charge in [-0.2, -0.15) is 0 Å². The zero-order valence-corrected chi connectivity index (χ0v) is 12.0. The van der Waals surface area contributed by atoms with Gasteiger partial charge in [0.25, 0.3) is 0 Å². The minimum Gasteiger partial charge on any atom is -0.453 e. The summed E-state index contributed by atoms with van der Waals surface area (Å²) in [5, 5.41) is 0. The maximum atomic E-state index is 13.6. The molecule has 0 aliphatic carbocycles. The fourth-order valence-corrected chi connectivity index (χ4v) is 2.95. The molecule has 110 valence electrons. The monoisotopic (exact) mass is 287 g/mol. The van der Waals surface area contributed by atoms with Gasteiger partial charge in [0.05, 0.1) is 0 Å². The van der Waals surface area contributed by atoms with Gasteiger partial charge >= 0.3 is 0 Å². The summed E-state index contributed by atoms with van der Waals surface area (Å²) in [6, 6.07) is 8.07. The van der Waals surface area contributed by atoms with Gasteiger partial charge in [0.2, 0.25) is 0 Å². The van der Waals surface area contributed by atoms with Crippen molar-refractivity contribution in [3.8, 4) is 11.3 Å². The largest absolute Gasteiger partial charge is 0.453 e. The van der Waals surface area contributed by atoms with E-state index in [1.54, 1.807) is 18.2 Å². The molecule has 1 fully saturated rings. The third-order valence-corrected chi connectivity index (χ3v) is 3.96. The second-order valence-electron chi connectivity index (χ2n) is 5.67. The Morgan fingerprint density at radius 3 is 2.90 bits per heavy atom. The van der Waals surface area contributed by atoms with Crippen LogP contribution < -0.4 is 4.90 Å². The van der Waals surface area contributed by atoms with E-state index in [2.05, 4.69) is 11.8 Å². The lowest BCUT2D eigenvalue weighted by molar-refractivity contribution is 0.110. The Morgan fingerprint density at radius 1 is 1.33 bits per heavy atom. The Kier molecular flexibility index (Phi) is 3.78. The Bertz CT molecular complexity index is 650. The van der Waals surface area contributed by atoms with Crippen molar-refractivity contribution >= 4 is 12.0 Å². The fraction of sp³-hybridized carbons (Fsp3) is 0.353. The van der Waals surface area contributed by atoms with Crippen molar-refractivity contribution in [2.75, 3.05) is 18.0 Å².